The van der Waals surface area contributed by atoms with Gasteiger partial charge in [0.15, 0.2) is 5.03 Å². The Kier molecular flexibility index (Phi) is 7.50. The summed E-state index contributed by atoms with van der Waals surface area (Å²) >= 11 is 0. The summed E-state index contributed by atoms with van der Waals surface area (Å²) in [6, 6.07) is 7.95. The van der Waals surface area contributed by atoms with E-state index in [0.29, 0.717) is 30.9 Å². The van der Waals surface area contributed by atoms with Crippen molar-refractivity contribution < 1.29 is 21.6 Å². The molecule has 0 spiro atoms. The zero-order valence-electron chi connectivity index (χ0n) is 21.6. The van der Waals surface area contributed by atoms with Gasteiger partial charge in [-0.3, -0.25) is 0 Å². The van der Waals surface area contributed by atoms with Gasteiger partial charge in [0, 0.05) is 36.9 Å². The lowest BCUT2D eigenvalue weighted by Crippen LogP contribution is -2.36. The minimum atomic E-state index is -4.16. The maximum absolute atomic E-state index is 13.8. The van der Waals surface area contributed by atoms with Crippen molar-refractivity contribution in [1.29, 1.82) is 0 Å². The summed E-state index contributed by atoms with van der Waals surface area (Å²) in [4.78, 5) is 2.32. The normalized spacial score (nSPS) is 25.1. The zero-order valence-corrected chi connectivity index (χ0v) is 23.2. The number of benzene rings is 1. The maximum Gasteiger partial charge on any atom is 0.269 e. The highest BCUT2D eigenvalue weighted by molar-refractivity contribution is 7.95. The maximum atomic E-state index is 13.8. The van der Waals surface area contributed by atoms with Crippen molar-refractivity contribution in [2.45, 2.75) is 25.2 Å². The van der Waals surface area contributed by atoms with Gasteiger partial charge in [0.1, 0.15) is 0 Å². The average Bonchev–Trinajstić information content (AvgIpc) is 3.25. The first kappa shape index (κ1) is 26.7. The average molecular weight is 556 g/mol. The second-order valence-corrected chi connectivity index (χ2v) is 13.2. The van der Waals surface area contributed by atoms with E-state index in [2.05, 4.69) is 15.7 Å². The molecule has 1 aromatic rings. The van der Waals surface area contributed by atoms with Crippen LogP contribution in [0, 0.1) is 11.8 Å². The van der Waals surface area contributed by atoms with Crippen molar-refractivity contribution in [3.63, 3.8) is 0 Å². The topological polar surface area (TPSA) is 96.0 Å². The van der Waals surface area contributed by atoms with Gasteiger partial charge in [-0.1, -0.05) is 55.5 Å². The molecule has 0 bridgehead atoms. The van der Waals surface area contributed by atoms with Gasteiger partial charge < -0.3 is 9.64 Å². The third-order valence-electron chi connectivity index (χ3n) is 7.31. The number of nitrogens with one attached hydrogen (secondary N) is 1. The Morgan fingerprint density at radius 3 is 2.50 bits per heavy atom. The summed E-state index contributed by atoms with van der Waals surface area (Å²) in [6.07, 6.45) is 14.2. The number of hydrogen-bond donors (Lipinski definition) is 1. The molecule has 0 radical (unpaired) electrons. The van der Waals surface area contributed by atoms with Crippen LogP contribution in [0.15, 0.2) is 105 Å². The largest absolute Gasteiger partial charge is 0.378 e. The van der Waals surface area contributed by atoms with E-state index in [9.17, 15) is 16.8 Å². The molecule has 0 saturated carbocycles. The Hall–Kier alpha value is -2.92. The molecule has 1 N–H and O–H groups in total. The van der Waals surface area contributed by atoms with E-state index in [1.165, 1.54) is 12.1 Å². The van der Waals surface area contributed by atoms with Crippen LogP contribution in [-0.2, 0) is 24.8 Å². The van der Waals surface area contributed by atoms with Crippen molar-refractivity contribution in [2.75, 3.05) is 32.8 Å². The van der Waals surface area contributed by atoms with E-state index in [1.54, 1.807) is 37.3 Å². The van der Waals surface area contributed by atoms with Crippen LogP contribution in [0.5, 0.6) is 0 Å². The number of allylic oxidation sites excluding steroid dienone is 8. The summed E-state index contributed by atoms with van der Waals surface area (Å²) in [5.41, 5.74) is 3.11. The second kappa shape index (κ2) is 10.7. The fraction of sp³-hybridized carbons (Fsp3) is 0.357. The molecule has 202 valence electrons. The molecule has 8 nitrogen and oxygen atoms in total. The Balaban J connectivity index is 1.38. The van der Waals surface area contributed by atoms with Gasteiger partial charge in [0.2, 0.25) is 0 Å². The fourth-order valence-electron chi connectivity index (χ4n) is 5.41. The van der Waals surface area contributed by atoms with Crippen LogP contribution in [0.25, 0.3) is 0 Å². The minimum Gasteiger partial charge on any atom is -0.378 e. The highest BCUT2D eigenvalue weighted by atomic mass is 32.2. The molecule has 2 atom stereocenters. The summed E-state index contributed by atoms with van der Waals surface area (Å²) in [5.74, 6) is -0.383. The molecular formula is C28H33N3O5S2. The summed E-state index contributed by atoms with van der Waals surface area (Å²) in [6.45, 7) is 6.88. The molecular weight excluding hydrogens is 522 g/mol. The molecule has 2 aliphatic heterocycles. The standard InChI is InChI=1S/C28H33N3O5S2/c1-21-7-6-10-26-27(21)22(2)28(31(26)38(34,35)25-8-4-3-5-9-25)37(32,33)29-16-15-23-11-13-24(14-12-23)30-17-19-36-20-18-30/h3-11,13-15,21,27,29H,12,16-20H2,1-2H3. The quantitative estimate of drug-likeness (QED) is 0.552. The van der Waals surface area contributed by atoms with Crippen molar-refractivity contribution in [1.82, 2.24) is 13.9 Å². The number of hydrogen-bond acceptors (Lipinski definition) is 6. The van der Waals surface area contributed by atoms with E-state index in [4.69, 9.17) is 4.74 Å². The molecule has 1 aromatic carbocycles. The smallest absolute Gasteiger partial charge is 0.269 e. The number of ether oxygens (including phenoxy) is 1. The van der Waals surface area contributed by atoms with Crippen LogP contribution in [0.4, 0.5) is 0 Å². The lowest BCUT2D eigenvalue weighted by molar-refractivity contribution is 0.0552. The van der Waals surface area contributed by atoms with E-state index in [-0.39, 0.29) is 28.3 Å². The first-order chi connectivity index (χ1) is 18.2. The van der Waals surface area contributed by atoms with E-state index in [1.807, 2.05) is 31.2 Å². The Morgan fingerprint density at radius 1 is 1.08 bits per heavy atom. The molecule has 1 fully saturated rings. The summed E-state index contributed by atoms with van der Waals surface area (Å²) < 4.78 is 64.0. The fourth-order valence-corrected chi connectivity index (χ4v) is 8.84. The predicted molar refractivity (Wildman–Crippen MR) is 147 cm³/mol. The van der Waals surface area contributed by atoms with Crippen molar-refractivity contribution in [3.05, 3.63) is 100 Å². The zero-order chi connectivity index (χ0) is 26.9. The molecule has 2 unspecified atom stereocenters. The van der Waals surface area contributed by atoms with Gasteiger partial charge in [-0.15, -0.1) is 0 Å². The predicted octanol–water partition coefficient (Wildman–Crippen LogP) is 3.65. The van der Waals surface area contributed by atoms with E-state index < -0.39 is 20.0 Å². The highest BCUT2D eigenvalue weighted by Crippen LogP contribution is 2.47. The lowest BCUT2D eigenvalue weighted by atomic mass is 9.84. The van der Waals surface area contributed by atoms with Gasteiger partial charge in [-0.25, -0.2) is 25.9 Å². The molecule has 0 aromatic heterocycles. The molecule has 1 saturated heterocycles. The van der Waals surface area contributed by atoms with E-state index in [0.717, 1.165) is 28.7 Å². The third-order valence-corrected chi connectivity index (χ3v) is 10.7. The van der Waals surface area contributed by atoms with Crippen molar-refractivity contribution in [2.24, 2.45) is 11.8 Å². The van der Waals surface area contributed by atoms with Crippen LogP contribution in [0.1, 0.15) is 20.3 Å². The SMILES string of the molecule is CC1=C(S(=O)(=O)NCC=C2C=CC(N3CCOCC3)=CC2)N(S(=O)(=O)c2ccccc2)C2=CC=CC(C)C21. The summed E-state index contributed by atoms with van der Waals surface area (Å²) in [7, 11) is -8.31. The lowest BCUT2D eigenvalue weighted by Gasteiger charge is -2.30. The van der Waals surface area contributed by atoms with Crippen LogP contribution in [0.2, 0.25) is 0 Å². The van der Waals surface area contributed by atoms with Crippen molar-refractivity contribution in [3.8, 4) is 0 Å². The molecule has 10 heteroatoms. The minimum absolute atomic E-state index is 0.0431. The van der Waals surface area contributed by atoms with Crippen LogP contribution < -0.4 is 4.72 Å². The van der Waals surface area contributed by atoms with Crippen LogP contribution in [-0.4, -0.2) is 58.9 Å². The molecule has 2 aliphatic carbocycles. The van der Waals surface area contributed by atoms with Gasteiger partial charge in [0.05, 0.1) is 18.1 Å². The van der Waals surface area contributed by atoms with Gasteiger partial charge in [-0.2, -0.15) is 0 Å². The van der Waals surface area contributed by atoms with E-state index >= 15 is 0 Å². The summed E-state index contributed by atoms with van der Waals surface area (Å²) in [5, 5.41) is -0.208. The monoisotopic (exact) mass is 555 g/mol. The van der Waals surface area contributed by atoms with Gasteiger partial charge >= 0.3 is 0 Å². The van der Waals surface area contributed by atoms with Crippen molar-refractivity contribution >= 4 is 20.0 Å². The van der Waals surface area contributed by atoms with Crippen LogP contribution in [0.3, 0.4) is 0 Å². The van der Waals surface area contributed by atoms with Gasteiger partial charge in [-0.05, 0) is 54.7 Å². The molecule has 0 amide bonds. The second-order valence-electron chi connectivity index (χ2n) is 9.78. The first-order valence-electron chi connectivity index (χ1n) is 12.8. The highest BCUT2D eigenvalue weighted by Gasteiger charge is 2.48. The Morgan fingerprint density at radius 2 is 1.82 bits per heavy atom. The molecule has 5 rings (SSSR count). The number of rotatable bonds is 7. The molecule has 38 heavy (non-hydrogen) atoms. The first-order valence-corrected chi connectivity index (χ1v) is 15.7. The molecule has 4 aliphatic rings. The number of fused-ring (bicyclic) bond motifs is 1. The number of nitrogens with zero attached hydrogens (tertiary/aromatic N) is 2. The molecule has 2 heterocycles. The third kappa shape index (κ3) is 5.05. The Labute approximate surface area is 225 Å². The van der Waals surface area contributed by atoms with Crippen LogP contribution >= 0.6 is 0 Å². The number of morpholine rings is 1. The van der Waals surface area contributed by atoms with Gasteiger partial charge in [0.25, 0.3) is 20.0 Å². The Bertz CT molecular complexity index is 1480. The number of sulfonamides is 2.